The lowest BCUT2D eigenvalue weighted by Crippen LogP contribution is -2.01. The van der Waals surface area contributed by atoms with Crippen LogP contribution in [0.2, 0.25) is 0 Å². The normalized spacial score (nSPS) is 10.0. The SMILES string of the molecule is CCCCc1cccc(CCCC#N)c1[N+](=O)[O-]. The van der Waals surface area contributed by atoms with Crippen molar-refractivity contribution in [3.63, 3.8) is 0 Å². The zero-order chi connectivity index (χ0) is 13.4. The Morgan fingerprint density at radius 2 is 1.89 bits per heavy atom. The van der Waals surface area contributed by atoms with Gasteiger partial charge in [0.15, 0.2) is 0 Å². The Hall–Kier alpha value is -1.89. The Labute approximate surface area is 107 Å². The van der Waals surface area contributed by atoms with Gasteiger partial charge in [-0.05, 0) is 25.7 Å². The molecule has 18 heavy (non-hydrogen) atoms. The van der Waals surface area contributed by atoms with E-state index in [0.717, 1.165) is 30.4 Å². The minimum absolute atomic E-state index is 0.254. The van der Waals surface area contributed by atoms with E-state index in [2.05, 4.69) is 13.0 Å². The summed E-state index contributed by atoms with van der Waals surface area (Å²) in [5.74, 6) is 0. The van der Waals surface area contributed by atoms with Crippen LogP contribution >= 0.6 is 0 Å². The maximum atomic E-state index is 11.2. The van der Waals surface area contributed by atoms with E-state index in [1.165, 1.54) is 0 Å². The Morgan fingerprint density at radius 1 is 1.28 bits per heavy atom. The summed E-state index contributed by atoms with van der Waals surface area (Å²) >= 11 is 0. The summed E-state index contributed by atoms with van der Waals surface area (Å²) in [7, 11) is 0. The van der Waals surface area contributed by atoms with Crippen molar-refractivity contribution in [2.75, 3.05) is 0 Å². The highest BCUT2D eigenvalue weighted by molar-refractivity contribution is 5.48. The molecule has 0 spiro atoms. The minimum Gasteiger partial charge on any atom is -0.258 e. The molecule has 0 N–H and O–H groups in total. The standard InChI is InChI=1S/C14H18N2O2/c1-2-3-7-12-9-6-10-13(8-4-5-11-15)14(12)16(17)18/h6,9-10H,2-5,7-8H2,1H3. The molecule has 0 unspecified atom stereocenters. The van der Waals surface area contributed by atoms with Gasteiger partial charge >= 0.3 is 0 Å². The average Bonchev–Trinajstić information content (AvgIpc) is 2.36. The molecule has 0 radical (unpaired) electrons. The molecule has 1 aromatic carbocycles. The van der Waals surface area contributed by atoms with Gasteiger partial charge in [0.1, 0.15) is 0 Å². The zero-order valence-electron chi connectivity index (χ0n) is 10.7. The van der Waals surface area contributed by atoms with Crippen molar-refractivity contribution in [2.24, 2.45) is 0 Å². The van der Waals surface area contributed by atoms with Crippen LogP contribution in [-0.2, 0) is 12.8 Å². The maximum Gasteiger partial charge on any atom is 0.275 e. The molecule has 0 aliphatic carbocycles. The van der Waals surface area contributed by atoms with Gasteiger partial charge in [0, 0.05) is 17.5 Å². The van der Waals surface area contributed by atoms with Crippen LogP contribution in [0.5, 0.6) is 0 Å². The van der Waals surface area contributed by atoms with Crippen molar-refractivity contribution in [1.29, 1.82) is 5.26 Å². The molecule has 4 nitrogen and oxygen atoms in total. The minimum atomic E-state index is -0.285. The molecular formula is C14H18N2O2. The van der Waals surface area contributed by atoms with Crippen molar-refractivity contribution < 1.29 is 4.92 Å². The number of para-hydroxylation sites is 1. The third-order valence-electron chi connectivity index (χ3n) is 2.92. The van der Waals surface area contributed by atoms with Gasteiger partial charge in [-0.3, -0.25) is 10.1 Å². The highest BCUT2D eigenvalue weighted by Crippen LogP contribution is 2.26. The highest BCUT2D eigenvalue weighted by atomic mass is 16.6. The number of nitro benzene ring substituents is 1. The topological polar surface area (TPSA) is 66.9 Å². The van der Waals surface area contributed by atoms with Crippen LogP contribution in [0, 0.1) is 21.4 Å². The number of nitrogens with zero attached hydrogens (tertiary/aromatic N) is 2. The largest absolute Gasteiger partial charge is 0.275 e. The Morgan fingerprint density at radius 3 is 2.39 bits per heavy atom. The molecule has 0 heterocycles. The second kappa shape index (κ2) is 7.44. The molecule has 1 rings (SSSR count). The third-order valence-corrected chi connectivity index (χ3v) is 2.92. The quantitative estimate of drug-likeness (QED) is 0.417. The van der Waals surface area contributed by atoms with Gasteiger partial charge in [0.25, 0.3) is 5.69 Å². The van der Waals surface area contributed by atoms with E-state index in [1.807, 2.05) is 12.1 Å². The number of nitriles is 1. The van der Waals surface area contributed by atoms with Crippen LogP contribution in [0.3, 0.4) is 0 Å². The van der Waals surface area contributed by atoms with Gasteiger partial charge in [-0.25, -0.2) is 0 Å². The number of nitro groups is 1. The summed E-state index contributed by atoms with van der Waals surface area (Å²) in [5, 5.41) is 19.7. The number of benzene rings is 1. The van der Waals surface area contributed by atoms with Crippen molar-refractivity contribution in [1.82, 2.24) is 0 Å². The molecule has 96 valence electrons. The first-order valence-corrected chi connectivity index (χ1v) is 6.32. The second-order valence-corrected chi connectivity index (χ2v) is 4.30. The van der Waals surface area contributed by atoms with E-state index >= 15 is 0 Å². The summed E-state index contributed by atoms with van der Waals surface area (Å²) < 4.78 is 0. The molecule has 0 aromatic heterocycles. The van der Waals surface area contributed by atoms with E-state index in [0.29, 0.717) is 19.3 Å². The fourth-order valence-corrected chi connectivity index (χ4v) is 2.01. The van der Waals surface area contributed by atoms with Gasteiger partial charge in [0.05, 0.1) is 11.0 Å². The molecule has 0 aliphatic heterocycles. The maximum absolute atomic E-state index is 11.2. The predicted molar refractivity (Wildman–Crippen MR) is 70.3 cm³/mol. The summed E-state index contributed by atoms with van der Waals surface area (Å²) in [6.45, 7) is 2.07. The van der Waals surface area contributed by atoms with Crippen LogP contribution in [0.1, 0.15) is 43.7 Å². The first-order valence-electron chi connectivity index (χ1n) is 6.32. The zero-order valence-corrected chi connectivity index (χ0v) is 10.7. The fraction of sp³-hybridized carbons (Fsp3) is 0.500. The van der Waals surface area contributed by atoms with Crippen molar-refractivity contribution in [3.05, 3.63) is 39.4 Å². The summed E-state index contributed by atoms with van der Waals surface area (Å²) in [4.78, 5) is 10.9. The Bertz CT molecular complexity index is 450. The molecular weight excluding hydrogens is 228 g/mol. The molecule has 0 bridgehead atoms. The van der Waals surface area contributed by atoms with E-state index in [9.17, 15) is 10.1 Å². The number of rotatable bonds is 7. The number of unbranched alkanes of at least 4 members (excludes halogenated alkanes) is 2. The third kappa shape index (κ3) is 3.85. The molecule has 0 saturated heterocycles. The molecule has 0 amide bonds. The van der Waals surface area contributed by atoms with Crippen LogP contribution in [-0.4, -0.2) is 4.92 Å². The summed E-state index contributed by atoms with van der Waals surface area (Å²) in [6.07, 6.45) is 4.45. The molecule has 0 fully saturated rings. The van der Waals surface area contributed by atoms with Crippen molar-refractivity contribution in [3.8, 4) is 6.07 Å². The number of hydrogen-bond acceptors (Lipinski definition) is 3. The number of hydrogen-bond donors (Lipinski definition) is 0. The van der Waals surface area contributed by atoms with Crippen LogP contribution in [0.25, 0.3) is 0 Å². The second-order valence-electron chi connectivity index (χ2n) is 4.30. The van der Waals surface area contributed by atoms with Gasteiger partial charge in [-0.1, -0.05) is 31.5 Å². The fourth-order valence-electron chi connectivity index (χ4n) is 2.01. The molecule has 0 atom stereocenters. The van der Waals surface area contributed by atoms with E-state index < -0.39 is 0 Å². The van der Waals surface area contributed by atoms with Crippen molar-refractivity contribution >= 4 is 5.69 Å². The smallest absolute Gasteiger partial charge is 0.258 e. The van der Waals surface area contributed by atoms with Crippen molar-refractivity contribution in [2.45, 2.75) is 45.4 Å². The summed E-state index contributed by atoms with van der Waals surface area (Å²) in [5.41, 5.74) is 1.82. The van der Waals surface area contributed by atoms with Gasteiger partial charge in [0.2, 0.25) is 0 Å². The summed E-state index contributed by atoms with van der Waals surface area (Å²) in [6, 6.07) is 7.57. The highest BCUT2D eigenvalue weighted by Gasteiger charge is 2.18. The molecule has 0 aliphatic rings. The van der Waals surface area contributed by atoms with Gasteiger partial charge < -0.3 is 0 Å². The number of aryl methyl sites for hydroxylation is 2. The Balaban J connectivity index is 2.94. The Kier molecular flexibility index (Phi) is 5.86. The lowest BCUT2D eigenvalue weighted by molar-refractivity contribution is -0.386. The first kappa shape index (κ1) is 14.2. The lowest BCUT2D eigenvalue weighted by atomic mass is 9.99. The predicted octanol–water partition coefficient (Wildman–Crippen LogP) is 3.78. The van der Waals surface area contributed by atoms with Gasteiger partial charge in [-0.2, -0.15) is 5.26 Å². The average molecular weight is 246 g/mol. The lowest BCUT2D eigenvalue weighted by Gasteiger charge is -2.07. The first-order chi connectivity index (χ1) is 8.70. The van der Waals surface area contributed by atoms with E-state index in [-0.39, 0.29) is 10.6 Å². The van der Waals surface area contributed by atoms with E-state index in [1.54, 1.807) is 6.07 Å². The van der Waals surface area contributed by atoms with Crippen LogP contribution in [0.4, 0.5) is 5.69 Å². The van der Waals surface area contributed by atoms with E-state index in [4.69, 9.17) is 5.26 Å². The monoisotopic (exact) mass is 246 g/mol. The molecule has 1 aromatic rings. The van der Waals surface area contributed by atoms with Gasteiger partial charge in [-0.15, -0.1) is 0 Å². The molecule has 0 saturated carbocycles. The van der Waals surface area contributed by atoms with Crippen LogP contribution < -0.4 is 0 Å². The molecule has 4 heteroatoms. The van der Waals surface area contributed by atoms with Crippen LogP contribution in [0.15, 0.2) is 18.2 Å².